The zero-order chi connectivity index (χ0) is 49.3. The van der Waals surface area contributed by atoms with Crippen LogP contribution in [0.4, 0.5) is 39.9 Å². The van der Waals surface area contributed by atoms with Gasteiger partial charge in [0.25, 0.3) is 0 Å². The van der Waals surface area contributed by atoms with Gasteiger partial charge in [0, 0.05) is 78.2 Å². The highest BCUT2D eigenvalue weighted by Crippen LogP contribution is 2.57. The summed E-state index contributed by atoms with van der Waals surface area (Å²) in [6.07, 6.45) is 0. The minimum atomic E-state index is -0.296. The number of benzene rings is 10. The highest BCUT2D eigenvalue weighted by atomic mass is 32.1. The quantitative estimate of drug-likeness (QED) is 0.143. The van der Waals surface area contributed by atoms with Crippen LogP contribution in [-0.4, -0.2) is 17.7 Å². The minimum Gasteiger partial charge on any atom is -0.338 e. The first-order valence-corrected chi connectivity index (χ1v) is 26.5. The summed E-state index contributed by atoms with van der Waals surface area (Å²) >= 11 is 1.86. The Hall–Kier alpha value is -8.90. The Kier molecular flexibility index (Phi) is 10.5. The molecule has 1 aliphatic heterocycles. The van der Waals surface area contributed by atoms with Gasteiger partial charge in [-0.05, 0) is 130 Å². The van der Waals surface area contributed by atoms with E-state index in [2.05, 4.69) is 288 Å². The number of nitrogens with zero attached hydrogens (tertiary/aromatic N) is 4. The molecule has 10 aromatic carbocycles. The van der Waals surface area contributed by atoms with Crippen LogP contribution in [0, 0.1) is 0 Å². The summed E-state index contributed by atoms with van der Waals surface area (Å²) in [5.74, 6) is 1.05. The maximum Gasteiger partial charge on any atom is 0.122 e. The van der Waals surface area contributed by atoms with Crippen LogP contribution in [-0.2, 0) is 5.41 Å². The first-order chi connectivity index (χ1) is 36.5. The van der Waals surface area contributed by atoms with Gasteiger partial charge in [-0.15, -0.1) is 11.3 Å². The molecule has 0 atom stereocenters. The summed E-state index contributed by atoms with van der Waals surface area (Å²) in [5, 5.41) is 2.60. The lowest BCUT2D eigenvalue weighted by atomic mass is 9.81. The SMILES string of the molecule is CC1(C)c2ccccc2-c2c(-c3cccc4c3N(c3ccccc3)CCN4c3ccccc3)cc(N(c3ccc(-c4ccccc4)cc3)c3ccc(-c4ccc5c(c4)sc4ccccc45)n3-c3ccccc3)cc21. The van der Waals surface area contributed by atoms with Crippen molar-refractivity contribution in [2.45, 2.75) is 19.3 Å². The molecule has 0 amide bonds. The predicted molar refractivity (Wildman–Crippen MR) is 314 cm³/mol. The molecule has 0 saturated heterocycles. The smallest absolute Gasteiger partial charge is 0.122 e. The summed E-state index contributed by atoms with van der Waals surface area (Å²) in [6, 6.07) is 94.1. The lowest BCUT2D eigenvalue weighted by Crippen LogP contribution is -2.36. The average Bonchev–Trinajstić information content (AvgIpc) is 4.13. The molecule has 12 aromatic rings. The van der Waals surface area contributed by atoms with Gasteiger partial charge in [0.15, 0.2) is 0 Å². The lowest BCUT2D eigenvalue weighted by molar-refractivity contribution is 0.660. The van der Waals surface area contributed by atoms with E-state index >= 15 is 0 Å². The number of hydrogen-bond acceptors (Lipinski definition) is 4. The molecular formula is C69H52N4S. The van der Waals surface area contributed by atoms with Crippen molar-refractivity contribution in [2.75, 3.05) is 27.8 Å². The number of para-hydroxylation sites is 4. The standard InChI is InChI=1S/C69H52N4S/c1-69(2)60-31-17-15-29-58(60)67-59(57-30-19-32-63-68(57)71(51-24-11-5-12-25-51)43-42-70(63)50-22-9-4-10-23-50)45-54(46-61(67)69)72(53-37-34-48(35-38-53)47-20-7-3-8-21-47)66-41-40-62(73(66)52-26-13-6-14-27-52)49-36-39-56-55-28-16-18-33-64(55)74-65(56)44-49/h3-41,44-46H,42-43H2,1-2H3. The van der Waals surface area contributed by atoms with Crippen LogP contribution >= 0.6 is 11.3 Å². The third-order valence-corrected chi connectivity index (χ3v) is 16.6. The van der Waals surface area contributed by atoms with Gasteiger partial charge < -0.3 is 9.80 Å². The molecule has 0 bridgehead atoms. The Bertz CT molecular complexity index is 4050. The van der Waals surface area contributed by atoms with E-state index in [0.717, 1.165) is 41.7 Å². The first kappa shape index (κ1) is 43.9. The van der Waals surface area contributed by atoms with E-state index in [9.17, 15) is 0 Å². The maximum absolute atomic E-state index is 2.55. The van der Waals surface area contributed by atoms with Crippen molar-refractivity contribution >= 4 is 71.5 Å². The van der Waals surface area contributed by atoms with E-state index in [1.165, 1.54) is 93.0 Å². The molecule has 2 aliphatic rings. The average molecular weight is 969 g/mol. The van der Waals surface area contributed by atoms with E-state index in [4.69, 9.17) is 0 Å². The normalized spacial score (nSPS) is 13.5. The molecule has 0 fully saturated rings. The summed E-state index contributed by atoms with van der Waals surface area (Å²) in [6.45, 7) is 6.50. The molecule has 2 aromatic heterocycles. The van der Waals surface area contributed by atoms with E-state index in [1.54, 1.807) is 0 Å². The second-order valence-electron chi connectivity index (χ2n) is 20.0. The molecule has 14 rings (SSSR count). The Morgan fingerprint density at radius 3 is 1.76 bits per heavy atom. The fourth-order valence-electron chi connectivity index (χ4n) is 12.0. The zero-order valence-electron chi connectivity index (χ0n) is 41.4. The van der Waals surface area contributed by atoms with Crippen molar-refractivity contribution in [3.63, 3.8) is 0 Å². The minimum absolute atomic E-state index is 0.296. The van der Waals surface area contributed by atoms with Gasteiger partial charge in [0.1, 0.15) is 5.82 Å². The van der Waals surface area contributed by atoms with Crippen LogP contribution in [0.5, 0.6) is 0 Å². The molecule has 0 spiro atoms. The van der Waals surface area contributed by atoms with Crippen LogP contribution in [0.1, 0.15) is 25.0 Å². The molecule has 354 valence electrons. The Morgan fingerprint density at radius 2 is 1.00 bits per heavy atom. The van der Waals surface area contributed by atoms with Gasteiger partial charge in [-0.1, -0.05) is 178 Å². The number of hydrogen-bond donors (Lipinski definition) is 0. The largest absolute Gasteiger partial charge is 0.338 e. The number of fused-ring (bicyclic) bond motifs is 7. The van der Waals surface area contributed by atoms with Gasteiger partial charge in [-0.2, -0.15) is 0 Å². The molecular weight excluding hydrogens is 917 g/mol. The lowest BCUT2D eigenvalue weighted by Gasteiger charge is -2.40. The van der Waals surface area contributed by atoms with Gasteiger partial charge in [-0.3, -0.25) is 9.47 Å². The molecule has 5 heteroatoms. The van der Waals surface area contributed by atoms with Crippen LogP contribution < -0.4 is 14.7 Å². The molecule has 0 N–H and O–H groups in total. The van der Waals surface area contributed by atoms with E-state index in [0.29, 0.717) is 0 Å². The van der Waals surface area contributed by atoms with Crippen molar-refractivity contribution in [1.29, 1.82) is 0 Å². The maximum atomic E-state index is 2.55. The Morgan fingerprint density at radius 1 is 0.405 bits per heavy atom. The number of aromatic nitrogens is 1. The second-order valence-corrected chi connectivity index (χ2v) is 21.1. The van der Waals surface area contributed by atoms with Crippen LogP contribution in [0.15, 0.2) is 255 Å². The molecule has 1 aliphatic carbocycles. The van der Waals surface area contributed by atoms with Gasteiger partial charge >= 0.3 is 0 Å². The van der Waals surface area contributed by atoms with E-state index in [-0.39, 0.29) is 5.41 Å². The van der Waals surface area contributed by atoms with Crippen molar-refractivity contribution < 1.29 is 0 Å². The number of rotatable bonds is 9. The zero-order valence-corrected chi connectivity index (χ0v) is 42.2. The molecule has 0 unspecified atom stereocenters. The highest BCUT2D eigenvalue weighted by Gasteiger charge is 2.39. The molecule has 74 heavy (non-hydrogen) atoms. The van der Waals surface area contributed by atoms with Crippen molar-refractivity contribution in [3.05, 3.63) is 266 Å². The van der Waals surface area contributed by atoms with Gasteiger partial charge in [0.2, 0.25) is 0 Å². The monoisotopic (exact) mass is 968 g/mol. The summed E-state index contributed by atoms with van der Waals surface area (Å²) < 4.78 is 5.05. The fourth-order valence-corrected chi connectivity index (χ4v) is 13.1. The predicted octanol–water partition coefficient (Wildman–Crippen LogP) is 18.9. The fraction of sp³-hybridized carbons (Fsp3) is 0.0725. The third kappa shape index (κ3) is 7.18. The molecule has 3 heterocycles. The van der Waals surface area contributed by atoms with E-state index in [1.807, 2.05) is 11.3 Å². The molecule has 0 radical (unpaired) electrons. The second kappa shape index (κ2) is 17.7. The van der Waals surface area contributed by atoms with E-state index < -0.39 is 0 Å². The number of thiophene rings is 1. The third-order valence-electron chi connectivity index (χ3n) is 15.5. The summed E-state index contributed by atoms with van der Waals surface area (Å²) in [4.78, 5) is 7.56. The van der Waals surface area contributed by atoms with Gasteiger partial charge in [0.05, 0.1) is 17.1 Å². The van der Waals surface area contributed by atoms with Crippen molar-refractivity contribution in [3.8, 4) is 50.3 Å². The molecule has 0 saturated carbocycles. The van der Waals surface area contributed by atoms with Crippen molar-refractivity contribution in [2.24, 2.45) is 0 Å². The van der Waals surface area contributed by atoms with Crippen LogP contribution in [0.25, 0.3) is 70.5 Å². The topological polar surface area (TPSA) is 14.7 Å². The number of anilines is 7. The highest BCUT2D eigenvalue weighted by molar-refractivity contribution is 7.25. The van der Waals surface area contributed by atoms with Crippen LogP contribution in [0.2, 0.25) is 0 Å². The summed E-state index contributed by atoms with van der Waals surface area (Å²) in [7, 11) is 0. The van der Waals surface area contributed by atoms with Gasteiger partial charge in [-0.25, -0.2) is 0 Å². The Labute approximate surface area is 436 Å². The van der Waals surface area contributed by atoms with Crippen LogP contribution in [0.3, 0.4) is 0 Å². The Balaban J connectivity index is 1.05. The molecule has 4 nitrogen and oxygen atoms in total. The summed E-state index contributed by atoms with van der Waals surface area (Å²) in [5.41, 5.74) is 20.1. The first-order valence-electron chi connectivity index (χ1n) is 25.7. The van der Waals surface area contributed by atoms with Crippen molar-refractivity contribution in [1.82, 2.24) is 4.57 Å².